The molecule has 44 heavy (non-hydrogen) atoms. The number of morpholine rings is 1. The lowest BCUT2D eigenvalue weighted by molar-refractivity contribution is -0.0871. The topological polar surface area (TPSA) is 138 Å². The SMILES string of the molecule is CCOc1cc(C(=O)N2[C@@H]3COC[C@@H]2CC(O)C3)ccc1C(=O)NC[C@@H](O)[C@@H]1Cc2ccccc2CN1C(=O)OC(C)(C)C. The van der Waals surface area contributed by atoms with Crippen LogP contribution in [0.15, 0.2) is 42.5 Å². The Hall–Kier alpha value is -3.67. The first-order valence-corrected chi connectivity index (χ1v) is 15.3. The molecule has 3 aliphatic rings. The molecule has 0 radical (unpaired) electrons. The fraction of sp³-hybridized carbons (Fsp3) is 0.545. The number of hydrogen-bond donors (Lipinski definition) is 3. The molecule has 3 heterocycles. The Labute approximate surface area is 258 Å². The average molecular weight is 610 g/mol. The van der Waals surface area contributed by atoms with E-state index in [0.717, 1.165) is 11.1 Å². The fourth-order valence-electron chi connectivity index (χ4n) is 6.32. The normalized spacial score (nSPS) is 23.8. The Morgan fingerprint density at radius 3 is 2.41 bits per heavy atom. The number of hydrogen-bond acceptors (Lipinski definition) is 8. The van der Waals surface area contributed by atoms with E-state index in [4.69, 9.17) is 14.2 Å². The number of aliphatic hydroxyl groups excluding tert-OH is 2. The van der Waals surface area contributed by atoms with Crippen molar-refractivity contribution in [2.45, 2.75) is 89.4 Å². The van der Waals surface area contributed by atoms with Crippen LogP contribution in [0.4, 0.5) is 4.79 Å². The van der Waals surface area contributed by atoms with E-state index in [-0.39, 0.29) is 49.0 Å². The maximum Gasteiger partial charge on any atom is 0.410 e. The van der Waals surface area contributed by atoms with Gasteiger partial charge in [-0.1, -0.05) is 24.3 Å². The minimum Gasteiger partial charge on any atom is -0.493 e. The zero-order valence-electron chi connectivity index (χ0n) is 25.8. The van der Waals surface area contributed by atoms with Gasteiger partial charge in [0.05, 0.1) is 55.7 Å². The molecule has 2 aromatic carbocycles. The molecule has 4 atom stereocenters. The number of ether oxygens (including phenoxy) is 3. The van der Waals surface area contributed by atoms with E-state index in [2.05, 4.69) is 5.32 Å². The number of rotatable bonds is 7. The third-order valence-electron chi connectivity index (χ3n) is 8.34. The minimum absolute atomic E-state index is 0.114. The summed E-state index contributed by atoms with van der Waals surface area (Å²) in [5.74, 6) is -0.415. The van der Waals surface area contributed by atoms with Crippen LogP contribution in [0, 0.1) is 0 Å². The number of aliphatic hydroxyl groups is 2. The lowest BCUT2D eigenvalue weighted by Crippen LogP contribution is -2.60. The quantitative estimate of drug-likeness (QED) is 0.436. The van der Waals surface area contributed by atoms with Gasteiger partial charge in [0.2, 0.25) is 0 Å². The summed E-state index contributed by atoms with van der Waals surface area (Å²) in [6, 6.07) is 11.4. The third-order valence-corrected chi connectivity index (χ3v) is 8.34. The molecule has 11 nitrogen and oxygen atoms in total. The molecule has 0 unspecified atom stereocenters. The molecular formula is C33H43N3O8. The van der Waals surface area contributed by atoms with Crippen LogP contribution in [0.2, 0.25) is 0 Å². The van der Waals surface area contributed by atoms with Crippen LogP contribution in [-0.2, 0) is 22.4 Å². The molecule has 5 rings (SSSR count). The van der Waals surface area contributed by atoms with E-state index >= 15 is 0 Å². The molecule has 3 aliphatic heterocycles. The molecule has 0 spiro atoms. The van der Waals surface area contributed by atoms with E-state index < -0.39 is 35.9 Å². The predicted molar refractivity (Wildman–Crippen MR) is 161 cm³/mol. The van der Waals surface area contributed by atoms with E-state index in [1.54, 1.807) is 50.8 Å². The van der Waals surface area contributed by atoms with E-state index in [9.17, 15) is 24.6 Å². The van der Waals surface area contributed by atoms with E-state index in [1.807, 2.05) is 24.3 Å². The number of carbonyl (C=O) groups excluding carboxylic acids is 3. The number of carbonyl (C=O) groups is 3. The van der Waals surface area contributed by atoms with Crippen molar-refractivity contribution in [3.63, 3.8) is 0 Å². The monoisotopic (exact) mass is 609 g/mol. The molecule has 0 saturated carbocycles. The molecule has 0 aromatic heterocycles. The van der Waals surface area contributed by atoms with Crippen LogP contribution in [-0.4, -0.2) is 100 Å². The summed E-state index contributed by atoms with van der Waals surface area (Å²) in [6.07, 6.45) is -0.734. The smallest absolute Gasteiger partial charge is 0.410 e. The summed E-state index contributed by atoms with van der Waals surface area (Å²) in [7, 11) is 0. The Bertz CT molecular complexity index is 1360. The molecule has 0 aliphatic carbocycles. The van der Waals surface area contributed by atoms with Gasteiger partial charge in [0.25, 0.3) is 11.8 Å². The zero-order valence-corrected chi connectivity index (χ0v) is 25.8. The van der Waals surface area contributed by atoms with Crippen LogP contribution in [0.5, 0.6) is 5.75 Å². The maximum atomic E-state index is 13.6. The van der Waals surface area contributed by atoms with Gasteiger partial charge in [0, 0.05) is 18.7 Å². The van der Waals surface area contributed by atoms with Crippen LogP contribution in [0.3, 0.4) is 0 Å². The number of nitrogens with one attached hydrogen (secondary N) is 1. The van der Waals surface area contributed by atoms with Gasteiger partial charge in [0.15, 0.2) is 0 Å². The first-order valence-electron chi connectivity index (χ1n) is 15.3. The molecule has 2 saturated heterocycles. The predicted octanol–water partition coefficient (Wildman–Crippen LogP) is 2.90. The van der Waals surface area contributed by atoms with Crippen molar-refractivity contribution in [2.75, 3.05) is 26.4 Å². The highest BCUT2D eigenvalue weighted by Gasteiger charge is 2.42. The van der Waals surface area contributed by atoms with Crippen LogP contribution >= 0.6 is 0 Å². The summed E-state index contributed by atoms with van der Waals surface area (Å²) in [4.78, 5) is 43.4. The Morgan fingerprint density at radius 2 is 1.75 bits per heavy atom. The summed E-state index contributed by atoms with van der Waals surface area (Å²) in [6.45, 7) is 8.37. The summed E-state index contributed by atoms with van der Waals surface area (Å²) in [5, 5.41) is 24.3. The Morgan fingerprint density at radius 1 is 1.07 bits per heavy atom. The van der Waals surface area contributed by atoms with Gasteiger partial charge in [-0.2, -0.15) is 0 Å². The van der Waals surface area contributed by atoms with Gasteiger partial charge < -0.3 is 34.6 Å². The standard InChI is InChI=1S/C33H43N3O8/c1-5-43-29-13-21(31(40)36-23-14-25(37)15-24(36)19-42-18-23)10-11-26(29)30(39)34-16-28(38)27-12-20-8-6-7-9-22(20)17-35(27)32(41)44-33(2,3)4/h6-11,13,23-25,27-28,37-38H,5,12,14-19H2,1-4H3,(H,34,39)/t23-,24-,27-,28+/m0/s1. The van der Waals surface area contributed by atoms with Gasteiger partial charge in [-0.05, 0) is 76.3 Å². The molecule has 238 valence electrons. The van der Waals surface area contributed by atoms with Crippen molar-refractivity contribution in [1.29, 1.82) is 0 Å². The zero-order chi connectivity index (χ0) is 31.6. The van der Waals surface area contributed by atoms with Gasteiger partial charge >= 0.3 is 6.09 Å². The fourth-order valence-corrected chi connectivity index (χ4v) is 6.32. The molecule has 3 amide bonds. The van der Waals surface area contributed by atoms with Gasteiger partial charge in [0.1, 0.15) is 11.4 Å². The maximum absolute atomic E-state index is 13.6. The lowest BCUT2D eigenvalue weighted by Gasteiger charge is -2.47. The summed E-state index contributed by atoms with van der Waals surface area (Å²) < 4.78 is 17.0. The number of amides is 3. The van der Waals surface area contributed by atoms with Crippen molar-refractivity contribution in [3.8, 4) is 5.75 Å². The van der Waals surface area contributed by atoms with Crippen LogP contribution in [0.1, 0.15) is 72.4 Å². The number of benzene rings is 2. The third kappa shape index (κ3) is 7.00. The lowest BCUT2D eigenvalue weighted by atomic mass is 9.91. The van der Waals surface area contributed by atoms with Crippen molar-refractivity contribution < 1.29 is 38.8 Å². The van der Waals surface area contributed by atoms with Crippen molar-refractivity contribution in [3.05, 3.63) is 64.7 Å². The van der Waals surface area contributed by atoms with Gasteiger partial charge in [-0.25, -0.2) is 4.79 Å². The summed E-state index contributed by atoms with van der Waals surface area (Å²) in [5.41, 5.74) is 1.92. The van der Waals surface area contributed by atoms with Crippen molar-refractivity contribution in [1.82, 2.24) is 15.1 Å². The molecule has 2 bridgehead atoms. The highest BCUT2D eigenvalue weighted by atomic mass is 16.6. The molecular weight excluding hydrogens is 566 g/mol. The van der Waals surface area contributed by atoms with Crippen molar-refractivity contribution in [2.24, 2.45) is 0 Å². The highest BCUT2D eigenvalue weighted by molar-refractivity contribution is 6.00. The first-order chi connectivity index (χ1) is 20.9. The molecule has 11 heteroatoms. The average Bonchev–Trinajstić information content (AvgIpc) is 2.97. The minimum atomic E-state index is -1.08. The van der Waals surface area contributed by atoms with Crippen molar-refractivity contribution >= 4 is 17.9 Å². The van der Waals surface area contributed by atoms with Gasteiger partial charge in [-0.15, -0.1) is 0 Å². The largest absolute Gasteiger partial charge is 0.493 e. The van der Waals surface area contributed by atoms with Gasteiger partial charge in [-0.3, -0.25) is 14.5 Å². The number of nitrogens with zero attached hydrogens (tertiary/aromatic N) is 2. The van der Waals surface area contributed by atoms with Crippen LogP contribution in [0.25, 0.3) is 0 Å². The molecule has 2 aromatic rings. The van der Waals surface area contributed by atoms with E-state index in [1.165, 1.54) is 4.90 Å². The van der Waals surface area contributed by atoms with E-state index in [0.29, 0.717) is 38.0 Å². The Kier molecular flexibility index (Phi) is 9.48. The molecule has 2 fully saturated rings. The Balaban J connectivity index is 1.29. The second kappa shape index (κ2) is 13.1. The summed E-state index contributed by atoms with van der Waals surface area (Å²) >= 11 is 0. The first kappa shape index (κ1) is 31.7. The number of fused-ring (bicyclic) bond motifs is 3. The molecule has 3 N–H and O–H groups in total. The highest BCUT2D eigenvalue weighted by Crippen LogP contribution is 2.31. The second-order valence-corrected chi connectivity index (χ2v) is 12.8. The second-order valence-electron chi connectivity index (χ2n) is 12.8. The van der Waals surface area contributed by atoms with Crippen LogP contribution < -0.4 is 10.1 Å². The number of piperidine rings is 1.